The predicted molar refractivity (Wildman–Crippen MR) is 87.0 cm³/mol. The first kappa shape index (κ1) is 15.0. The molecule has 0 saturated heterocycles. The Hall–Kier alpha value is -1.41. The van der Waals surface area contributed by atoms with E-state index in [0.29, 0.717) is 17.8 Å². The van der Waals surface area contributed by atoms with Crippen molar-refractivity contribution in [1.82, 2.24) is 10.3 Å². The molecule has 2 unspecified atom stereocenters. The molecule has 0 radical (unpaired) electrons. The number of hydrogen-bond donors (Lipinski definition) is 1. The quantitative estimate of drug-likeness (QED) is 0.850. The van der Waals surface area contributed by atoms with Crippen LogP contribution in [0.25, 0.3) is 10.9 Å². The van der Waals surface area contributed by atoms with E-state index >= 15 is 0 Å². The van der Waals surface area contributed by atoms with E-state index in [1.165, 1.54) is 10.9 Å². The molecule has 0 spiro atoms. The molecule has 0 bridgehead atoms. The van der Waals surface area contributed by atoms with Gasteiger partial charge in [0.25, 0.3) is 0 Å². The molecule has 1 heterocycles. The van der Waals surface area contributed by atoms with Crippen molar-refractivity contribution in [3.8, 4) is 0 Å². The van der Waals surface area contributed by atoms with Crippen LogP contribution < -0.4 is 5.32 Å². The molecule has 108 valence electrons. The molecule has 1 aromatic carbocycles. The van der Waals surface area contributed by atoms with E-state index in [4.69, 9.17) is 0 Å². The predicted octanol–water partition coefficient (Wildman–Crippen LogP) is 4.22. The zero-order valence-corrected chi connectivity index (χ0v) is 13.1. The minimum atomic E-state index is 0.530. The number of rotatable bonds is 6. The maximum atomic E-state index is 4.45. The summed E-state index contributed by atoms with van der Waals surface area (Å²) in [5.74, 6) is 1.85. The van der Waals surface area contributed by atoms with Crippen LogP contribution >= 0.6 is 0 Å². The summed E-state index contributed by atoms with van der Waals surface area (Å²) in [5, 5.41) is 4.86. The fourth-order valence-corrected chi connectivity index (χ4v) is 2.61. The van der Waals surface area contributed by atoms with Crippen LogP contribution in [0, 0.1) is 11.8 Å². The maximum Gasteiger partial charge on any atom is 0.0704 e. The molecule has 0 fully saturated rings. The van der Waals surface area contributed by atoms with Gasteiger partial charge in [0.05, 0.1) is 5.52 Å². The van der Waals surface area contributed by atoms with E-state index in [1.54, 1.807) is 0 Å². The van der Waals surface area contributed by atoms with Gasteiger partial charge < -0.3 is 5.32 Å². The summed E-state index contributed by atoms with van der Waals surface area (Å²) < 4.78 is 0. The molecule has 1 aromatic heterocycles. The Morgan fingerprint density at radius 1 is 1.00 bits per heavy atom. The highest BCUT2D eigenvalue weighted by atomic mass is 14.9. The lowest BCUT2D eigenvalue weighted by Crippen LogP contribution is -2.27. The molecule has 20 heavy (non-hydrogen) atoms. The Bertz CT molecular complexity index is 543. The number of aromatic nitrogens is 1. The summed E-state index contributed by atoms with van der Waals surface area (Å²) >= 11 is 0. The molecule has 0 amide bonds. The van der Waals surface area contributed by atoms with Crippen LogP contribution in [0.4, 0.5) is 0 Å². The van der Waals surface area contributed by atoms with Crippen molar-refractivity contribution in [3.63, 3.8) is 0 Å². The molecule has 1 N–H and O–H groups in total. The molecule has 2 heteroatoms. The molecule has 2 rings (SSSR count). The van der Waals surface area contributed by atoms with Gasteiger partial charge in [-0.05, 0) is 48.5 Å². The van der Waals surface area contributed by atoms with Crippen molar-refractivity contribution in [1.29, 1.82) is 0 Å². The summed E-state index contributed by atoms with van der Waals surface area (Å²) in [6, 6.07) is 10.7. The van der Waals surface area contributed by atoms with E-state index in [-0.39, 0.29) is 0 Å². The van der Waals surface area contributed by atoms with Crippen LogP contribution in [0.1, 0.15) is 39.2 Å². The summed E-state index contributed by atoms with van der Waals surface area (Å²) in [6.07, 6.45) is 1.87. The second-order valence-corrected chi connectivity index (χ2v) is 6.24. The van der Waals surface area contributed by atoms with Gasteiger partial charge in [-0.15, -0.1) is 0 Å². The fourth-order valence-electron chi connectivity index (χ4n) is 2.61. The van der Waals surface area contributed by atoms with Crippen molar-refractivity contribution >= 4 is 10.9 Å². The van der Waals surface area contributed by atoms with Gasteiger partial charge in [-0.2, -0.15) is 0 Å². The normalized spacial score (nSPS) is 14.7. The molecule has 2 aromatic rings. The first-order valence-electron chi connectivity index (χ1n) is 7.64. The van der Waals surface area contributed by atoms with Gasteiger partial charge in [0, 0.05) is 11.6 Å². The number of hydrogen-bond acceptors (Lipinski definition) is 2. The smallest absolute Gasteiger partial charge is 0.0704 e. The summed E-state index contributed by atoms with van der Waals surface area (Å²) in [4.78, 5) is 4.45. The van der Waals surface area contributed by atoms with Crippen LogP contribution in [0.15, 0.2) is 36.5 Å². The van der Waals surface area contributed by atoms with E-state index < -0.39 is 0 Å². The van der Waals surface area contributed by atoms with Crippen LogP contribution in [0.5, 0.6) is 0 Å². The van der Waals surface area contributed by atoms with Gasteiger partial charge in [-0.25, -0.2) is 0 Å². The highest BCUT2D eigenvalue weighted by Crippen LogP contribution is 2.29. The van der Waals surface area contributed by atoms with Gasteiger partial charge in [0.2, 0.25) is 0 Å². The van der Waals surface area contributed by atoms with Crippen molar-refractivity contribution in [2.75, 3.05) is 13.1 Å². The maximum absolute atomic E-state index is 4.45. The van der Waals surface area contributed by atoms with Gasteiger partial charge in [0.1, 0.15) is 0 Å². The average Bonchev–Trinajstić information content (AvgIpc) is 2.45. The molecular weight excluding hydrogens is 244 g/mol. The minimum absolute atomic E-state index is 0.530. The number of fused-ring (bicyclic) bond motifs is 1. The number of nitrogens with zero attached hydrogens (tertiary/aromatic N) is 1. The van der Waals surface area contributed by atoms with Crippen LogP contribution in [0.2, 0.25) is 0 Å². The van der Waals surface area contributed by atoms with Gasteiger partial charge >= 0.3 is 0 Å². The standard InChI is InChI=1S/C18H26N2/c1-13(2)11-19-12-14(3)15(4)16-7-5-9-18-17(16)8-6-10-20-18/h5-10,13-15,19H,11-12H2,1-4H3. The Morgan fingerprint density at radius 3 is 2.55 bits per heavy atom. The largest absolute Gasteiger partial charge is 0.316 e. The van der Waals surface area contributed by atoms with Crippen LogP contribution in [-0.2, 0) is 0 Å². The monoisotopic (exact) mass is 270 g/mol. The summed E-state index contributed by atoms with van der Waals surface area (Å²) in [7, 11) is 0. The van der Waals surface area contributed by atoms with Gasteiger partial charge in [-0.3, -0.25) is 4.98 Å². The van der Waals surface area contributed by atoms with Crippen LogP contribution in [-0.4, -0.2) is 18.1 Å². The Kier molecular flexibility index (Phi) is 5.13. The SMILES string of the molecule is CC(C)CNCC(C)C(C)c1cccc2ncccc12. The number of nitrogens with one attached hydrogen (secondary N) is 1. The lowest BCUT2D eigenvalue weighted by Gasteiger charge is -2.22. The number of benzene rings is 1. The Balaban J connectivity index is 2.12. The first-order valence-corrected chi connectivity index (χ1v) is 7.64. The third kappa shape index (κ3) is 3.57. The minimum Gasteiger partial charge on any atom is -0.316 e. The van der Waals surface area contributed by atoms with Crippen molar-refractivity contribution in [3.05, 3.63) is 42.1 Å². The van der Waals surface area contributed by atoms with Gasteiger partial charge in [-0.1, -0.05) is 45.9 Å². The van der Waals surface area contributed by atoms with Gasteiger partial charge in [0.15, 0.2) is 0 Å². The zero-order valence-electron chi connectivity index (χ0n) is 13.1. The zero-order chi connectivity index (χ0) is 14.5. The lowest BCUT2D eigenvalue weighted by atomic mass is 9.86. The topological polar surface area (TPSA) is 24.9 Å². The van der Waals surface area contributed by atoms with Crippen molar-refractivity contribution < 1.29 is 0 Å². The number of pyridine rings is 1. The Labute approximate surface area is 122 Å². The summed E-state index contributed by atoms with van der Waals surface area (Å²) in [5.41, 5.74) is 2.51. The second kappa shape index (κ2) is 6.85. The van der Waals surface area contributed by atoms with E-state index in [2.05, 4.69) is 62.3 Å². The van der Waals surface area contributed by atoms with Crippen LogP contribution in [0.3, 0.4) is 0 Å². The molecule has 0 aliphatic rings. The lowest BCUT2D eigenvalue weighted by molar-refractivity contribution is 0.430. The third-order valence-electron chi connectivity index (χ3n) is 4.04. The fraction of sp³-hybridized carbons (Fsp3) is 0.500. The third-order valence-corrected chi connectivity index (χ3v) is 4.04. The van der Waals surface area contributed by atoms with Crippen molar-refractivity contribution in [2.45, 2.75) is 33.6 Å². The molecule has 2 nitrogen and oxygen atoms in total. The molecule has 0 aliphatic carbocycles. The van der Waals surface area contributed by atoms with E-state index in [0.717, 1.165) is 18.6 Å². The molecule has 0 aliphatic heterocycles. The van der Waals surface area contributed by atoms with Crippen molar-refractivity contribution in [2.24, 2.45) is 11.8 Å². The molecule has 2 atom stereocenters. The highest BCUT2D eigenvalue weighted by molar-refractivity contribution is 5.82. The summed E-state index contributed by atoms with van der Waals surface area (Å²) in [6.45, 7) is 11.3. The average molecular weight is 270 g/mol. The molecular formula is C18H26N2. The second-order valence-electron chi connectivity index (χ2n) is 6.24. The Morgan fingerprint density at radius 2 is 1.80 bits per heavy atom. The molecule has 0 saturated carbocycles. The van der Waals surface area contributed by atoms with E-state index in [9.17, 15) is 0 Å². The highest BCUT2D eigenvalue weighted by Gasteiger charge is 2.16. The first-order chi connectivity index (χ1) is 9.59. The van der Waals surface area contributed by atoms with E-state index in [1.807, 2.05) is 12.3 Å².